The minimum Gasteiger partial charge on any atom is -0.456 e. The molecular formula is C45H29N3O2S. The zero-order valence-corrected chi connectivity index (χ0v) is 28.1. The van der Waals surface area contributed by atoms with Crippen molar-refractivity contribution in [2.45, 2.75) is 12.3 Å². The first-order chi connectivity index (χ1) is 25.2. The van der Waals surface area contributed by atoms with Crippen molar-refractivity contribution in [3.05, 3.63) is 168 Å². The van der Waals surface area contributed by atoms with Crippen molar-refractivity contribution in [2.24, 2.45) is 4.99 Å². The number of benzene rings is 7. The van der Waals surface area contributed by atoms with Crippen LogP contribution in [0.3, 0.4) is 0 Å². The molecule has 1 aliphatic heterocycles. The number of para-hydroxylation sites is 1. The third-order valence-electron chi connectivity index (χ3n) is 10.2. The van der Waals surface area contributed by atoms with E-state index in [1.54, 1.807) is 0 Å². The van der Waals surface area contributed by atoms with Crippen LogP contribution in [0.2, 0.25) is 0 Å². The average molecular weight is 676 g/mol. The molecule has 0 bridgehead atoms. The summed E-state index contributed by atoms with van der Waals surface area (Å²) in [5.74, 6) is 0.805. The molecule has 2 N–H and O–H groups in total. The maximum atomic E-state index is 6.51. The second-order valence-corrected chi connectivity index (χ2v) is 14.2. The molecule has 0 aliphatic carbocycles. The van der Waals surface area contributed by atoms with Gasteiger partial charge in [-0.25, -0.2) is 4.99 Å². The summed E-state index contributed by atoms with van der Waals surface area (Å²) in [7, 11) is 0. The van der Waals surface area contributed by atoms with Crippen LogP contribution in [0.5, 0.6) is 0 Å². The van der Waals surface area contributed by atoms with Crippen LogP contribution >= 0.6 is 11.3 Å². The lowest BCUT2D eigenvalue weighted by Gasteiger charge is -2.32. The number of aliphatic imine (C=N–C) groups is 1. The Balaban J connectivity index is 1.00. The monoisotopic (exact) mass is 675 g/mol. The van der Waals surface area contributed by atoms with Gasteiger partial charge in [0.1, 0.15) is 40.5 Å². The molecule has 11 rings (SSSR count). The Morgan fingerprint density at radius 2 is 1.20 bits per heavy atom. The fraction of sp³-hybridized carbons (Fsp3) is 0.0444. The Kier molecular flexibility index (Phi) is 6.26. The maximum absolute atomic E-state index is 6.51. The van der Waals surface area contributed by atoms with Crippen LogP contribution in [0.15, 0.2) is 165 Å². The van der Waals surface area contributed by atoms with Crippen LogP contribution in [0.25, 0.3) is 75.2 Å². The zero-order chi connectivity index (χ0) is 33.5. The minimum atomic E-state index is -0.309. The van der Waals surface area contributed by atoms with Gasteiger partial charge < -0.3 is 14.2 Å². The molecule has 0 saturated carbocycles. The molecule has 0 fully saturated rings. The fourth-order valence-electron chi connectivity index (χ4n) is 7.67. The van der Waals surface area contributed by atoms with Gasteiger partial charge in [-0.15, -0.1) is 11.3 Å². The topological polar surface area (TPSA) is 62.7 Å². The number of hydrogen-bond acceptors (Lipinski definition) is 6. The second kappa shape index (κ2) is 11.2. The summed E-state index contributed by atoms with van der Waals surface area (Å²) in [6.07, 6.45) is -0.461. The number of fused-ring (bicyclic) bond motifs is 9. The van der Waals surface area contributed by atoms with E-state index < -0.39 is 0 Å². The molecule has 0 saturated heterocycles. The lowest BCUT2D eigenvalue weighted by atomic mass is 10.00. The third kappa shape index (κ3) is 4.61. The maximum Gasteiger partial charge on any atom is 0.136 e. The first kappa shape index (κ1) is 28.6. The van der Waals surface area contributed by atoms with Crippen LogP contribution < -0.4 is 10.6 Å². The normalized spacial score (nSPS) is 16.4. The molecule has 0 amide bonds. The highest BCUT2D eigenvalue weighted by Gasteiger charge is 2.26. The summed E-state index contributed by atoms with van der Waals surface area (Å²) in [5.41, 5.74) is 9.01. The summed E-state index contributed by atoms with van der Waals surface area (Å²) in [6.45, 7) is 0. The molecule has 51 heavy (non-hydrogen) atoms. The van der Waals surface area contributed by atoms with Crippen molar-refractivity contribution >= 4 is 81.2 Å². The Hall–Kier alpha value is -6.21. The predicted octanol–water partition coefficient (Wildman–Crippen LogP) is 11.9. The van der Waals surface area contributed by atoms with Gasteiger partial charge in [-0.3, -0.25) is 5.32 Å². The van der Waals surface area contributed by atoms with E-state index in [2.05, 4.69) is 138 Å². The van der Waals surface area contributed by atoms with Gasteiger partial charge in [-0.2, -0.15) is 0 Å². The highest BCUT2D eigenvalue weighted by atomic mass is 32.1. The molecule has 2 unspecified atom stereocenters. The summed E-state index contributed by atoms with van der Waals surface area (Å²) in [5, 5.41) is 14.4. The Morgan fingerprint density at radius 3 is 2.12 bits per heavy atom. The molecular weight excluding hydrogens is 647 g/mol. The first-order valence-corrected chi connectivity index (χ1v) is 18.0. The molecule has 6 heteroatoms. The van der Waals surface area contributed by atoms with E-state index in [-0.39, 0.29) is 12.3 Å². The molecule has 7 aromatic carbocycles. The van der Waals surface area contributed by atoms with Crippen molar-refractivity contribution in [1.82, 2.24) is 10.6 Å². The van der Waals surface area contributed by atoms with Gasteiger partial charge in [0.05, 0.1) is 0 Å². The van der Waals surface area contributed by atoms with Gasteiger partial charge in [0.2, 0.25) is 0 Å². The average Bonchev–Trinajstić information content (AvgIpc) is 3.88. The second-order valence-electron chi connectivity index (χ2n) is 13.2. The fourth-order valence-corrected chi connectivity index (χ4v) is 8.91. The van der Waals surface area contributed by atoms with Gasteiger partial charge in [0, 0.05) is 47.3 Å². The summed E-state index contributed by atoms with van der Waals surface area (Å²) in [4.78, 5) is 5.23. The van der Waals surface area contributed by atoms with Crippen molar-refractivity contribution in [3.8, 4) is 11.1 Å². The van der Waals surface area contributed by atoms with Crippen molar-refractivity contribution in [1.29, 1.82) is 0 Å². The Labute approximate surface area is 296 Å². The van der Waals surface area contributed by atoms with Crippen molar-refractivity contribution < 1.29 is 8.83 Å². The van der Waals surface area contributed by atoms with Gasteiger partial charge in [0.25, 0.3) is 0 Å². The quantitative estimate of drug-likeness (QED) is 0.195. The van der Waals surface area contributed by atoms with Crippen LogP contribution in [0.4, 0.5) is 0 Å². The highest BCUT2D eigenvalue weighted by Crippen LogP contribution is 2.42. The van der Waals surface area contributed by atoms with Crippen LogP contribution in [0, 0.1) is 0 Å². The minimum absolute atomic E-state index is 0.152. The number of amidine groups is 1. The van der Waals surface area contributed by atoms with Gasteiger partial charge in [-0.05, 0) is 64.7 Å². The predicted molar refractivity (Wildman–Crippen MR) is 210 cm³/mol. The van der Waals surface area contributed by atoms with Gasteiger partial charge in [0.15, 0.2) is 0 Å². The van der Waals surface area contributed by atoms with E-state index in [9.17, 15) is 0 Å². The van der Waals surface area contributed by atoms with Gasteiger partial charge in [-0.1, -0.05) is 109 Å². The molecule has 0 radical (unpaired) electrons. The molecule has 5 nitrogen and oxygen atoms in total. The molecule has 2 atom stereocenters. The first-order valence-electron chi connectivity index (χ1n) is 17.2. The SMILES string of the molecule is c1ccc(C2NC(c3ccc4c(c3)oc3ccccc34)=NC(c3ccc4c(c3)oc3ccc(-c5cccc6c5sc5ccccc56)cc34)N2)cc1. The summed E-state index contributed by atoms with van der Waals surface area (Å²) < 4.78 is 15.4. The lowest BCUT2D eigenvalue weighted by Crippen LogP contribution is -2.44. The zero-order valence-electron chi connectivity index (χ0n) is 27.3. The summed E-state index contributed by atoms with van der Waals surface area (Å²) >= 11 is 1.86. The van der Waals surface area contributed by atoms with Crippen LogP contribution in [0.1, 0.15) is 29.0 Å². The van der Waals surface area contributed by atoms with Crippen molar-refractivity contribution in [2.75, 3.05) is 0 Å². The number of furan rings is 2. The van der Waals surface area contributed by atoms with E-state index in [1.807, 2.05) is 35.6 Å². The summed E-state index contributed by atoms with van der Waals surface area (Å²) in [6, 6.07) is 53.3. The van der Waals surface area contributed by atoms with E-state index in [0.29, 0.717) is 0 Å². The number of hydrogen-bond donors (Lipinski definition) is 2. The van der Waals surface area contributed by atoms with E-state index in [1.165, 1.54) is 31.3 Å². The standard InChI is InChI=1S/C45H29N3O2S/c1-2-9-26(10-3-1)43-46-44(28-17-20-32-31-11-4-6-15-37(31)49-39(32)24-28)48-45(47-43)29-18-21-33-36-23-27(19-22-38(36)50-40(33)25-29)30-13-8-14-35-34-12-5-7-16-41(34)51-42(30)35/h1-25,43,45,47H,(H,46,48). The third-order valence-corrected chi connectivity index (χ3v) is 11.4. The highest BCUT2D eigenvalue weighted by molar-refractivity contribution is 7.26. The van der Waals surface area contributed by atoms with E-state index in [4.69, 9.17) is 13.8 Å². The largest absolute Gasteiger partial charge is 0.456 e. The number of rotatable bonds is 4. The lowest BCUT2D eigenvalue weighted by molar-refractivity contribution is 0.409. The molecule has 1 aliphatic rings. The Morgan fingerprint density at radius 1 is 0.490 bits per heavy atom. The molecule has 3 aromatic heterocycles. The van der Waals surface area contributed by atoms with Gasteiger partial charge >= 0.3 is 0 Å². The Bertz CT molecular complexity index is 3010. The van der Waals surface area contributed by atoms with E-state index in [0.717, 1.165) is 66.4 Å². The number of nitrogens with one attached hydrogen (secondary N) is 2. The van der Waals surface area contributed by atoms with Crippen molar-refractivity contribution in [3.63, 3.8) is 0 Å². The number of nitrogens with zero attached hydrogens (tertiary/aromatic N) is 1. The molecule has 242 valence electrons. The molecule has 0 spiro atoms. The van der Waals surface area contributed by atoms with Crippen LogP contribution in [-0.4, -0.2) is 5.84 Å². The number of thiophene rings is 1. The molecule has 10 aromatic rings. The van der Waals surface area contributed by atoms with E-state index >= 15 is 0 Å². The van der Waals surface area contributed by atoms with Crippen LogP contribution in [-0.2, 0) is 0 Å². The smallest absolute Gasteiger partial charge is 0.136 e. The molecule has 4 heterocycles.